The molecule has 2 fully saturated rings. The highest BCUT2D eigenvalue weighted by atomic mass is 16.5. The van der Waals surface area contributed by atoms with Gasteiger partial charge >= 0.3 is 0 Å². The molecule has 0 radical (unpaired) electrons. The number of nitrogens with zero attached hydrogens (tertiary/aromatic N) is 5. The van der Waals surface area contributed by atoms with Gasteiger partial charge in [-0.2, -0.15) is 15.0 Å². The van der Waals surface area contributed by atoms with Crippen molar-refractivity contribution in [3.05, 3.63) is 29.8 Å². The standard InChI is InChI=1S/C19H26N6O3/c26-16-4-2-1-3-15(16)5-6-20-17-21-18(24-7-11-27-12-8-24)23-19(22-17)25-9-13-28-14-10-25/h1-4,26H,5-14H2,(H,20,21,22,23). The van der Waals surface area contributed by atoms with E-state index in [-0.39, 0.29) is 0 Å². The first-order valence-electron chi connectivity index (χ1n) is 9.72. The van der Waals surface area contributed by atoms with E-state index in [1.807, 2.05) is 18.2 Å². The Morgan fingerprint density at radius 1 is 0.857 bits per heavy atom. The fraction of sp³-hybridized carbons (Fsp3) is 0.526. The molecule has 3 heterocycles. The van der Waals surface area contributed by atoms with Crippen molar-refractivity contribution in [1.29, 1.82) is 0 Å². The third kappa shape index (κ3) is 4.60. The summed E-state index contributed by atoms with van der Waals surface area (Å²) in [6.45, 7) is 6.39. The number of ether oxygens (including phenoxy) is 2. The number of benzene rings is 1. The van der Waals surface area contributed by atoms with Crippen LogP contribution < -0.4 is 15.1 Å². The molecule has 2 aliphatic heterocycles. The molecular formula is C19H26N6O3. The van der Waals surface area contributed by atoms with Crippen LogP contribution in [0.5, 0.6) is 5.75 Å². The van der Waals surface area contributed by atoms with Gasteiger partial charge in [-0.3, -0.25) is 0 Å². The fourth-order valence-corrected chi connectivity index (χ4v) is 3.27. The van der Waals surface area contributed by atoms with Crippen LogP contribution in [0.2, 0.25) is 0 Å². The van der Waals surface area contributed by atoms with E-state index in [1.54, 1.807) is 6.07 Å². The first kappa shape index (κ1) is 18.7. The summed E-state index contributed by atoms with van der Waals surface area (Å²) in [4.78, 5) is 18.2. The van der Waals surface area contributed by atoms with Crippen LogP contribution in [0.4, 0.5) is 17.8 Å². The molecule has 0 amide bonds. The normalized spacial score (nSPS) is 17.6. The third-order valence-corrected chi connectivity index (χ3v) is 4.87. The van der Waals surface area contributed by atoms with E-state index in [1.165, 1.54) is 0 Å². The Morgan fingerprint density at radius 2 is 1.43 bits per heavy atom. The molecule has 1 aromatic heterocycles. The molecule has 4 rings (SSSR count). The highest BCUT2D eigenvalue weighted by Crippen LogP contribution is 2.20. The Labute approximate surface area is 164 Å². The lowest BCUT2D eigenvalue weighted by Crippen LogP contribution is -2.40. The van der Waals surface area contributed by atoms with Crippen LogP contribution >= 0.6 is 0 Å². The van der Waals surface area contributed by atoms with E-state index >= 15 is 0 Å². The van der Waals surface area contributed by atoms with Gasteiger partial charge in [-0.25, -0.2) is 0 Å². The summed E-state index contributed by atoms with van der Waals surface area (Å²) in [6, 6.07) is 7.36. The van der Waals surface area contributed by atoms with E-state index < -0.39 is 0 Å². The van der Waals surface area contributed by atoms with Crippen LogP contribution in [0.25, 0.3) is 0 Å². The summed E-state index contributed by atoms with van der Waals surface area (Å²) in [5.74, 6) is 2.20. The zero-order valence-corrected chi connectivity index (χ0v) is 15.9. The SMILES string of the molecule is Oc1ccccc1CCNc1nc(N2CCOCC2)nc(N2CCOCC2)n1. The smallest absolute Gasteiger partial charge is 0.232 e. The van der Waals surface area contributed by atoms with Crippen molar-refractivity contribution in [3.63, 3.8) is 0 Å². The van der Waals surface area contributed by atoms with Crippen molar-refractivity contribution >= 4 is 17.8 Å². The van der Waals surface area contributed by atoms with Gasteiger partial charge in [-0.15, -0.1) is 0 Å². The molecule has 9 heteroatoms. The van der Waals surface area contributed by atoms with E-state index in [9.17, 15) is 5.11 Å². The van der Waals surface area contributed by atoms with Gasteiger partial charge in [0.1, 0.15) is 5.75 Å². The quantitative estimate of drug-likeness (QED) is 0.751. The first-order valence-corrected chi connectivity index (χ1v) is 9.72. The number of hydrogen-bond donors (Lipinski definition) is 2. The molecule has 0 saturated carbocycles. The lowest BCUT2D eigenvalue weighted by molar-refractivity contribution is 0.121. The van der Waals surface area contributed by atoms with E-state index in [2.05, 4.69) is 25.1 Å². The molecule has 2 N–H and O–H groups in total. The minimum atomic E-state index is 0.308. The van der Waals surface area contributed by atoms with Crippen molar-refractivity contribution < 1.29 is 14.6 Å². The number of rotatable bonds is 6. The van der Waals surface area contributed by atoms with Gasteiger partial charge < -0.3 is 29.7 Å². The van der Waals surface area contributed by atoms with E-state index in [4.69, 9.17) is 14.5 Å². The molecule has 0 bridgehead atoms. The Balaban J connectivity index is 1.50. The molecule has 2 saturated heterocycles. The monoisotopic (exact) mass is 386 g/mol. The Bertz CT molecular complexity index is 742. The van der Waals surface area contributed by atoms with Crippen molar-refractivity contribution in [1.82, 2.24) is 15.0 Å². The largest absolute Gasteiger partial charge is 0.508 e. The van der Waals surface area contributed by atoms with E-state index in [0.29, 0.717) is 63.0 Å². The maximum Gasteiger partial charge on any atom is 0.232 e. The molecule has 0 unspecified atom stereocenters. The van der Waals surface area contributed by atoms with Crippen LogP contribution in [0.15, 0.2) is 24.3 Å². The average Bonchev–Trinajstić information content (AvgIpc) is 2.76. The molecule has 150 valence electrons. The molecule has 2 aliphatic rings. The predicted molar refractivity (Wildman–Crippen MR) is 106 cm³/mol. The summed E-state index contributed by atoms with van der Waals surface area (Å²) in [7, 11) is 0. The van der Waals surface area contributed by atoms with Crippen LogP contribution in [-0.4, -0.2) is 79.2 Å². The average molecular weight is 386 g/mol. The molecule has 9 nitrogen and oxygen atoms in total. The predicted octanol–water partition coefficient (Wildman–Crippen LogP) is 0.905. The van der Waals surface area contributed by atoms with E-state index in [0.717, 1.165) is 31.7 Å². The zero-order valence-electron chi connectivity index (χ0n) is 15.9. The molecular weight excluding hydrogens is 360 g/mol. The van der Waals surface area contributed by atoms with Crippen LogP contribution in [0.1, 0.15) is 5.56 Å². The van der Waals surface area contributed by atoms with Crippen LogP contribution in [-0.2, 0) is 15.9 Å². The van der Waals surface area contributed by atoms with Crippen molar-refractivity contribution in [2.75, 3.05) is 74.3 Å². The van der Waals surface area contributed by atoms with Crippen LogP contribution in [0, 0.1) is 0 Å². The Hall–Kier alpha value is -2.65. The van der Waals surface area contributed by atoms with Gasteiger partial charge in [0.2, 0.25) is 17.8 Å². The number of morpholine rings is 2. The second kappa shape index (κ2) is 9.03. The first-order chi connectivity index (χ1) is 13.8. The molecule has 0 spiro atoms. The molecule has 0 aliphatic carbocycles. The lowest BCUT2D eigenvalue weighted by atomic mass is 10.1. The van der Waals surface area contributed by atoms with Gasteiger partial charge in [0.25, 0.3) is 0 Å². The summed E-state index contributed by atoms with van der Waals surface area (Å²) in [6.07, 6.45) is 0.679. The number of para-hydroxylation sites is 1. The zero-order chi connectivity index (χ0) is 19.2. The number of phenolic OH excluding ortho intramolecular Hbond substituents is 1. The molecule has 1 aromatic carbocycles. The number of aromatic nitrogens is 3. The van der Waals surface area contributed by atoms with Crippen molar-refractivity contribution in [3.8, 4) is 5.75 Å². The highest BCUT2D eigenvalue weighted by Gasteiger charge is 2.20. The fourth-order valence-electron chi connectivity index (χ4n) is 3.27. The second-order valence-electron chi connectivity index (χ2n) is 6.76. The third-order valence-electron chi connectivity index (χ3n) is 4.87. The maximum absolute atomic E-state index is 9.93. The number of aromatic hydroxyl groups is 1. The van der Waals surface area contributed by atoms with Gasteiger partial charge in [-0.1, -0.05) is 18.2 Å². The molecule has 0 atom stereocenters. The topological polar surface area (TPSA) is 95.9 Å². The summed E-state index contributed by atoms with van der Waals surface area (Å²) < 4.78 is 10.9. The number of hydrogen-bond acceptors (Lipinski definition) is 9. The highest BCUT2D eigenvalue weighted by molar-refractivity contribution is 5.46. The minimum Gasteiger partial charge on any atom is -0.508 e. The number of nitrogens with one attached hydrogen (secondary N) is 1. The summed E-state index contributed by atoms with van der Waals surface area (Å²) >= 11 is 0. The van der Waals surface area contributed by atoms with Crippen molar-refractivity contribution in [2.45, 2.75) is 6.42 Å². The van der Waals surface area contributed by atoms with Gasteiger partial charge in [-0.05, 0) is 18.1 Å². The number of anilines is 3. The number of phenols is 1. The molecule has 2 aromatic rings. The lowest BCUT2D eigenvalue weighted by Gasteiger charge is -2.30. The van der Waals surface area contributed by atoms with Crippen molar-refractivity contribution in [2.24, 2.45) is 0 Å². The van der Waals surface area contributed by atoms with Gasteiger partial charge in [0, 0.05) is 32.7 Å². The maximum atomic E-state index is 9.93. The Morgan fingerprint density at radius 3 is 2.00 bits per heavy atom. The Kier molecular flexibility index (Phi) is 6.03. The summed E-state index contributed by atoms with van der Waals surface area (Å²) in [5.41, 5.74) is 0.894. The second-order valence-corrected chi connectivity index (χ2v) is 6.76. The van der Waals surface area contributed by atoms with Crippen LogP contribution in [0.3, 0.4) is 0 Å². The molecule has 28 heavy (non-hydrogen) atoms. The van der Waals surface area contributed by atoms with Gasteiger partial charge in [0.05, 0.1) is 26.4 Å². The minimum absolute atomic E-state index is 0.308. The van der Waals surface area contributed by atoms with Gasteiger partial charge in [0.15, 0.2) is 0 Å². The summed E-state index contributed by atoms with van der Waals surface area (Å²) in [5, 5.41) is 13.2.